The van der Waals surface area contributed by atoms with E-state index in [1.165, 1.54) is 99.7 Å². The molecule has 0 fully saturated rings. The summed E-state index contributed by atoms with van der Waals surface area (Å²) in [7, 11) is 2.19. The second-order valence-corrected chi connectivity index (χ2v) is 12.2. The van der Waals surface area contributed by atoms with Crippen LogP contribution in [0.1, 0.15) is 69.1 Å². The second kappa shape index (κ2) is 12.9. The summed E-state index contributed by atoms with van der Waals surface area (Å²) in [5.41, 5.74) is 11.7. The molecule has 0 bridgehead atoms. The minimum atomic E-state index is 0.240. The predicted octanol–water partition coefficient (Wildman–Crippen LogP) is 10.0. The van der Waals surface area contributed by atoms with Gasteiger partial charge < -0.3 is 10.2 Å². The minimum absolute atomic E-state index is 0.240. The summed E-state index contributed by atoms with van der Waals surface area (Å²) in [6.45, 7) is 5.45. The Labute approximate surface area is 252 Å². The van der Waals surface area contributed by atoms with E-state index in [1.807, 2.05) is 0 Å². The van der Waals surface area contributed by atoms with Crippen LogP contribution < -0.4 is 5.32 Å². The van der Waals surface area contributed by atoms with Crippen LogP contribution in [0.25, 0.3) is 33.2 Å². The lowest BCUT2D eigenvalue weighted by Gasteiger charge is -2.37. The molecule has 2 nitrogen and oxygen atoms in total. The zero-order valence-electron chi connectivity index (χ0n) is 25.5. The fourth-order valence-corrected chi connectivity index (χ4v) is 6.45. The number of likely N-dealkylation sites (N-methyl/N-ethyl adjacent to an activating group) is 1. The van der Waals surface area contributed by atoms with E-state index in [9.17, 15) is 0 Å². The summed E-state index contributed by atoms with van der Waals surface area (Å²) in [6, 6.07) is 34.0. The molecule has 0 aliphatic carbocycles. The van der Waals surface area contributed by atoms with Crippen molar-refractivity contribution in [1.82, 2.24) is 10.2 Å². The Balaban J connectivity index is 1.31. The highest BCUT2D eigenvalue weighted by Crippen LogP contribution is 2.36. The Morgan fingerprint density at radius 2 is 1.43 bits per heavy atom. The van der Waals surface area contributed by atoms with Gasteiger partial charge >= 0.3 is 0 Å². The summed E-state index contributed by atoms with van der Waals surface area (Å²) >= 11 is 0. The summed E-state index contributed by atoms with van der Waals surface area (Å²) in [5, 5.41) is 6.48. The SMILES string of the molecule is CCCCCCCCc1cccc(-c2cccc(C3=CC(c4ccc5ccccc5c4)=C4C=C(C)N(C)CC4N3)c2)c1. The Hall–Kier alpha value is -4.04. The topological polar surface area (TPSA) is 15.3 Å². The van der Waals surface area contributed by atoms with E-state index >= 15 is 0 Å². The zero-order valence-corrected chi connectivity index (χ0v) is 25.5. The van der Waals surface area contributed by atoms with Gasteiger partial charge in [0, 0.05) is 25.0 Å². The third-order valence-corrected chi connectivity index (χ3v) is 9.04. The van der Waals surface area contributed by atoms with Crippen molar-refractivity contribution in [2.75, 3.05) is 13.6 Å². The molecule has 0 radical (unpaired) electrons. The maximum absolute atomic E-state index is 3.92. The van der Waals surface area contributed by atoms with E-state index in [0.29, 0.717) is 0 Å². The molecule has 1 atom stereocenters. The van der Waals surface area contributed by atoms with Crippen LogP contribution in [0, 0.1) is 0 Å². The largest absolute Gasteiger partial charge is 0.376 e. The molecular weight excluding hydrogens is 508 g/mol. The molecule has 2 aliphatic rings. The Morgan fingerprint density at radius 1 is 0.690 bits per heavy atom. The van der Waals surface area contributed by atoms with E-state index in [0.717, 1.165) is 13.0 Å². The fourth-order valence-electron chi connectivity index (χ4n) is 6.45. The highest BCUT2D eigenvalue weighted by Gasteiger charge is 2.28. The summed E-state index contributed by atoms with van der Waals surface area (Å²) < 4.78 is 0. The summed E-state index contributed by atoms with van der Waals surface area (Å²) in [5.74, 6) is 0. The number of allylic oxidation sites excluding steroid dienone is 3. The molecule has 0 spiro atoms. The average Bonchev–Trinajstić information content (AvgIpc) is 3.03. The van der Waals surface area contributed by atoms with Crippen LogP contribution in [0.15, 0.2) is 114 Å². The number of fused-ring (bicyclic) bond motifs is 2. The number of hydrogen-bond acceptors (Lipinski definition) is 2. The Bertz CT molecular complexity index is 1650. The summed E-state index contributed by atoms with van der Waals surface area (Å²) in [6.07, 6.45) is 13.9. The lowest BCUT2D eigenvalue weighted by atomic mass is 9.86. The van der Waals surface area contributed by atoms with Crippen LogP contribution in [0.2, 0.25) is 0 Å². The van der Waals surface area contributed by atoms with Gasteiger partial charge in [-0.3, -0.25) is 0 Å². The monoisotopic (exact) mass is 552 g/mol. The van der Waals surface area contributed by atoms with Crippen LogP contribution >= 0.6 is 0 Å². The lowest BCUT2D eigenvalue weighted by molar-refractivity contribution is 0.370. The maximum Gasteiger partial charge on any atom is 0.0695 e. The zero-order chi connectivity index (χ0) is 28.9. The first-order valence-electron chi connectivity index (χ1n) is 15.9. The van der Waals surface area contributed by atoms with Gasteiger partial charge in [0.2, 0.25) is 0 Å². The molecule has 2 heterocycles. The van der Waals surface area contributed by atoms with Crippen molar-refractivity contribution in [3.8, 4) is 11.1 Å². The molecule has 4 aromatic rings. The molecule has 1 unspecified atom stereocenters. The van der Waals surface area contributed by atoms with Gasteiger partial charge in [-0.05, 0) is 93.8 Å². The number of hydrogen-bond donors (Lipinski definition) is 1. The smallest absolute Gasteiger partial charge is 0.0695 e. The highest BCUT2D eigenvalue weighted by molar-refractivity contribution is 5.94. The fraction of sp³-hybridized carbons (Fsp3) is 0.300. The van der Waals surface area contributed by atoms with Crippen LogP contribution in [-0.2, 0) is 6.42 Å². The van der Waals surface area contributed by atoms with Gasteiger partial charge in [-0.1, -0.05) is 118 Å². The number of rotatable bonds is 10. The first-order chi connectivity index (χ1) is 20.6. The van der Waals surface area contributed by atoms with Crippen LogP contribution in [-0.4, -0.2) is 24.5 Å². The Kier molecular flexibility index (Phi) is 8.60. The Morgan fingerprint density at radius 3 is 2.29 bits per heavy atom. The number of nitrogens with one attached hydrogen (secondary N) is 1. The van der Waals surface area contributed by atoms with Crippen molar-refractivity contribution >= 4 is 22.0 Å². The van der Waals surface area contributed by atoms with Crippen molar-refractivity contribution in [3.63, 3.8) is 0 Å². The quantitative estimate of drug-likeness (QED) is 0.197. The van der Waals surface area contributed by atoms with Gasteiger partial charge in [0.1, 0.15) is 0 Å². The standard InChI is InChI=1S/C40H44N2/c1-4-5-6-7-8-9-14-30-15-12-18-32(24-30)34-19-13-20-36(26-34)39-27-37(38-23-29(2)42(3)28-40(38)41-39)35-22-21-31-16-10-11-17-33(31)25-35/h10-13,15-27,40-41H,4-9,14,28H2,1-3H3. The molecule has 0 saturated carbocycles. The normalized spacial score (nSPS) is 16.6. The number of benzene rings is 4. The predicted molar refractivity (Wildman–Crippen MR) is 181 cm³/mol. The lowest BCUT2D eigenvalue weighted by Crippen LogP contribution is -2.44. The van der Waals surface area contributed by atoms with Crippen molar-refractivity contribution in [2.24, 2.45) is 0 Å². The van der Waals surface area contributed by atoms with Gasteiger partial charge in [0.25, 0.3) is 0 Å². The van der Waals surface area contributed by atoms with E-state index in [-0.39, 0.29) is 6.04 Å². The van der Waals surface area contributed by atoms with E-state index in [1.54, 1.807) is 0 Å². The molecule has 6 rings (SSSR count). The van der Waals surface area contributed by atoms with Gasteiger partial charge in [-0.2, -0.15) is 0 Å². The number of nitrogens with zero attached hydrogens (tertiary/aromatic N) is 1. The van der Waals surface area contributed by atoms with Crippen LogP contribution in [0.4, 0.5) is 0 Å². The van der Waals surface area contributed by atoms with Crippen molar-refractivity contribution in [2.45, 2.75) is 64.8 Å². The molecule has 214 valence electrons. The first kappa shape index (κ1) is 28.1. The average molecular weight is 553 g/mol. The molecule has 4 aromatic carbocycles. The molecule has 0 amide bonds. The molecule has 42 heavy (non-hydrogen) atoms. The molecule has 0 aromatic heterocycles. The first-order valence-corrected chi connectivity index (χ1v) is 15.9. The van der Waals surface area contributed by atoms with Gasteiger partial charge in [0.15, 0.2) is 0 Å². The van der Waals surface area contributed by atoms with Crippen molar-refractivity contribution < 1.29 is 0 Å². The molecule has 2 heteroatoms. The van der Waals surface area contributed by atoms with Crippen molar-refractivity contribution in [1.29, 1.82) is 0 Å². The molecule has 0 saturated heterocycles. The molecule has 1 N–H and O–H groups in total. The van der Waals surface area contributed by atoms with E-state index in [2.05, 4.69) is 134 Å². The number of aryl methyl sites for hydroxylation is 1. The summed E-state index contributed by atoms with van der Waals surface area (Å²) in [4.78, 5) is 2.36. The molecule has 2 aliphatic heterocycles. The highest BCUT2D eigenvalue weighted by atomic mass is 15.1. The number of unbranched alkanes of at least 4 members (excludes halogenated alkanes) is 5. The van der Waals surface area contributed by atoms with Crippen LogP contribution in [0.5, 0.6) is 0 Å². The van der Waals surface area contributed by atoms with Crippen molar-refractivity contribution in [3.05, 3.63) is 131 Å². The second-order valence-electron chi connectivity index (χ2n) is 12.2. The maximum atomic E-state index is 3.92. The third kappa shape index (κ3) is 6.23. The van der Waals surface area contributed by atoms with E-state index in [4.69, 9.17) is 0 Å². The number of dihydropyridines is 1. The molecular formula is C40H44N2. The van der Waals surface area contributed by atoms with Gasteiger partial charge in [0.05, 0.1) is 6.04 Å². The third-order valence-electron chi connectivity index (χ3n) is 9.04. The van der Waals surface area contributed by atoms with Crippen LogP contribution in [0.3, 0.4) is 0 Å². The van der Waals surface area contributed by atoms with E-state index < -0.39 is 0 Å². The van der Waals surface area contributed by atoms with Gasteiger partial charge in [-0.25, -0.2) is 0 Å². The minimum Gasteiger partial charge on any atom is -0.376 e. The van der Waals surface area contributed by atoms with Gasteiger partial charge in [-0.15, -0.1) is 0 Å².